The molecule has 0 radical (unpaired) electrons. The lowest BCUT2D eigenvalue weighted by Gasteiger charge is -2.07. The highest BCUT2D eigenvalue weighted by Gasteiger charge is 2.10. The fourth-order valence-corrected chi connectivity index (χ4v) is 1.73. The van der Waals surface area contributed by atoms with E-state index in [1.54, 1.807) is 30.3 Å². The molecule has 0 unspecified atom stereocenters. The van der Waals surface area contributed by atoms with Crippen LogP contribution >= 0.6 is 11.6 Å². The molecule has 2 rings (SSSR count). The van der Waals surface area contributed by atoms with Crippen LogP contribution in [0, 0.1) is 17.1 Å². The van der Waals surface area contributed by atoms with Gasteiger partial charge in [-0.05, 0) is 30.3 Å². The minimum atomic E-state index is -0.636. The number of nitriles is 1. The Kier molecular flexibility index (Phi) is 3.79. The van der Waals surface area contributed by atoms with Crippen LogP contribution in [0.3, 0.4) is 0 Å². The van der Waals surface area contributed by atoms with Gasteiger partial charge in [-0.25, -0.2) is 4.39 Å². The highest BCUT2D eigenvalue weighted by molar-refractivity contribution is 6.33. The summed E-state index contributed by atoms with van der Waals surface area (Å²) in [5, 5.41) is 11.7. The normalized spacial score (nSPS) is 9.74. The number of nitrogens with one attached hydrogen (secondary N) is 1. The fourth-order valence-electron chi connectivity index (χ4n) is 1.54. The first kappa shape index (κ1) is 13.1. The second kappa shape index (κ2) is 5.51. The SMILES string of the molecule is N#Cc1cc(F)cc(C(=O)Nc2ccccc2Cl)c1. The molecule has 0 aliphatic carbocycles. The molecule has 2 aromatic carbocycles. The largest absolute Gasteiger partial charge is 0.321 e. The predicted molar refractivity (Wildman–Crippen MR) is 70.5 cm³/mol. The molecular weight excluding hydrogens is 267 g/mol. The Morgan fingerprint density at radius 2 is 2.00 bits per heavy atom. The van der Waals surface area contributed by atoms with Crippen LogP contribution in [0.2, 0.25) is 5.02 Å². The van der Waals surface area contributed by atoms with E-state index in [-0.39, 0.29) is 11.1 Å². The van der Waals surface area contributed by atoms with Gasteiger partial charge in [0.05, 0.1) is 22.3 Å². The van der Waals surface area contributed by atoms with Crippen molar-refractivity contribution in [3.8, 4) is 6.07 Å². The van der Waals surface area contributed by atoms with E-state index in [0.717, 1.165) is 12.1 Å². The van der Waals surface area contributed by atoms with E-state index < -0.39 is 11.7 Å². The molecule has 1 amide bonds. The van der Waals surface area contributed by atoms with Crippen LogP contribution in [0.1, 0.15) is 15.9 Å². The van der Waals surface area contributed by atoms with Crippen molar-refractivity contribution in [3.63, 3.8) is 0 Å². The highest BCUT2D eigenvalue weighted by Crippen LogP contribution is 2.21. The topological polar surface area (TPSA) is 52.9 Å². The van der Waals surface area contributed by atoms with E-state index in [9.17, 15) is 9.18 Å². The highest BCUT2D eigenvalue weighted by atomic mass is 35.5. The molecular formula is C14H8ClFN2O. The van der Waals surface area contributed by atoms with Gasteiger partial charge in [0.2, 0.25) is 0 Å². The van der Waals surface area contributed by atoms with Crippen LogP contribution in [0.4, 0.5) is 10.1 Å². The molecule has 5 heteroatoms. The smallest absolute Gasteiger partial charge is 0.255 e. The summed E-state index contributed by atoms with van der Waals surface area (Å²) in [5.74, 6) is -1.16. The van der Waals surface area contributed by atoms with E-state index in [1.165, 1.54) is 6.07 Å². The minimum absolute atomic E-state index is 0.0662. The van der Waals surface area contributed by atoms with E-state index in [0.29, 0.717) is 10.7 Å². The van der Waals surface area contributed by atoms with Crippen molar-refractivity contribution in [2.24, 2.45) is 0 Å². The zero-order chi connectivity index (χ0) is 13.8. The Morgan fingerprint density at radius 3 is 2.68 bits per heavy atom. The third-order valence-electron chi connectivity index (χ3n) is 2.41. The average molecular weight is 275 g/mol. The van der Waals surface area contributed by atoms with Crippen LogP contribution in [0.5, 0.6) is 0 Å². The maximum absolute atomic E-state index is 13.2. The second-order valence-electron chi connectivity index (χ2n) is 3.77. The molecule has 0 saturated heterocycles. The quantitative estimate of drug-likeness (QED) is 0.909. The number of benzene rings is 2. The number of para-hydroxylation sites is 1. The van der Waals surface area contributed by atoms with Crippen molar-refractivity contribution in [3.05, 3.63) is 64.4 Å². The number of halogens is 2. The summed E-state index contributed by atoms with van der Waals surface area (Å²) in [4.78, 5) is 11.9. The first-order chi connectivity index (χ1) is 9.10. The number of hydrogen-bond acceptors (Lipinski definition) is 2. The third-order valence-corrected chi connectivity index (χ3v) is 2.74. The van der Waals surface area contributed by atoms with Crippen LogP contribution < -0.4 is 5.32 Å². The van der Waals surface area contributed by atoms with E-state index in [4.69, 9.17) is 16.9 Å². The standard InChI is InChI=1S/C14H8ClFN2O/c15-12-3-1-2-4-13(12)18-14(19)10-5-9(8-17)6-11(16)7-10/h1-7H,(H,18,19). The maximum atomic E-state index is 13.2. The number of carbonyl (C=O) groups excluding carboxylic acids is 1. The molecule has 2 aromatic rings. The summed E-state index contributed by atoms with van der Waals surface area (Å²) >= 11 is 5.90. The molecule has 1 N–H and O–H groups in total. The first-order valence-corrected chi connectivity index (χ1v) is 5.74. The molecule has 0 atom stereocenters. The molecule has 0 saturated carbocycles. The van der Waals surface area contributed by atoms with Crippen molar-refractivity contribution >= 4 is 23.2 Å². The second-order valence-corrected chi connectivity index (χ2v) is 4.18. The first-order valence-electron chi connectivity index (χ1n) is 5.37. The zero-order valence-electron chi connectivity index (χ0n) is 9.65. The lowest BCUT2D eigenvalue weighted by Crippen LogP contribution is -2.12. The molecule has 0 heterocycles. The van der Waals surface area contributed by atoms with Crippen LogP contribution in [-0.4, -0.2) is 5.91 Å². The summed E-state index contributed by atoms with van der Waals surface area (Å²) in [6, 6.07) is 11.9. The molecule has 3 nitrogen and oxygen atoms in total. The van der Waals surface area contributed by atoms with Gasteiger partial charge in [0.25, 0.3) is 5.91 Å². The van der Waals surface area contributed by atoms with Gasteiger partial charge in [0, 0.05) is 5.56 Å². The summed E-state index contributed by atoms with van der Waals surface area (Å²) in [6.45, 7) is 0. The van der Waals surface area contributed by atoms with Crippen molar-refractivity contribution in [1.82, 2.24) is 0 Å². The molecule has 0 bridgehead atoms. The molecule has 0 fully saturated rings. The zero-order valence-corrected chi connectivity index (χ0v) is 10.4. The van der Waals surface area contributed by atoms with Gasteiger partial charge in [-0.3, -0.25) is 4.79 Å². The Morgan fingerprint density at radius 1 is 1.26 bits per heavy atom. The predicted octanol–water partition coefficient (Wildman–Crippen LogP) is 3.60. The summed E-state index contributed by atoms with van der Waals surface area (Å²) in [7, 11) is 0. The van der Waals surface area contributed by atoms with Gasteiger partial charge in [-0.15, -0.1) is 0 Å². The van der Waals surface area contributed by atoms with Crippen molar-refractivity contribution < 1.29 is 9.18 Å². The van der Waals surface area contributed by atoms with Gasteiger partial charge in [-0.2, -0.15) is 5.26 Å². The molecule has 0 spiro atoms. The van der Waals surface area contributed by atoms with Crippen LogP contribution in [0.15, 0.2) is 42.5 Å². The number of anilines is 1. The molecule has 0 aromatic heterocycles. The van der Waals surface area contributed by atoms with Crippen LogP contribution in [-0.2, 0) is 0 Å². The average Bonchev–Trinajstić information content (AvgIpc) is 2.40. The maximum Gasteiger partial charge on any atom is 0.255 e. The Balaban J connectivity index is 2.28. The van der Waals surface area contributed by atoms with E-state index in [1.807, 2.05) is 0 Å². The number of amides is 1. The van der Waals surface area contributed by atoms with Gasteiger partial charge >= 0.3 is 0 Å². The lowest BCUT2D eigenvalue weighted by atomic mass is 10.1. The van der Waals surface area contributed by atoms with E-state index >= 15 is 0 Å². The van der Waals surface area contributed by atoms with Gasteiger partial charge in [-0.1, -0.05) is 23.7 Å². The van der Waals surface area contributed by atoms with Crippen molar-refractivity contribution in [1.29, 1.82) is 5.26 Å². The molecule has 94 valence electrons. The summed E-state index contributed by atoms with van der Waals surface area (Å²) in [5.41, 5.74) is 0.581. The Hall–Kier alpha value is -2.38. The number of hydrogen-bond donors (Lipinski definition) is 1. The molecule has 0 aliphatic rings. The number of rotatable bonds is 2. The number of carbonyl (C=O) groups is 1. The molecule has 0 aliphatic heterocycles. The monoisotopic (exact) mass is 274 g/mol. The lowest BCUT2D eigenvalue weighted by molar-refractivity contribution is 0.102. The van der Waals surface area contributed by atoms with Gasteiger partial charge < -0.3 is 5.32 Å². The van der Waals surface area contributed by atoms with Gasteiger partial charge in [0.15, 0.2) is 0 Å². The van der Waals surface area contributed by atoms with Crippen molar-refractivity contribution in [2.75, 3.05) is 5.32 Å². The number of nitrogens with zero attached hydrogens (tertiary/aromatic N) is 1. The molecule has 19 heavy (non-hydrogen) atoms. The summed E-state index contributed by atoms with van der Waals surface area (Å²) in [6.07, 6.45) is 0. The fraction of sp³-hybridized carbons (Fsp3) is 0. The minimum Gasteiger partial charge on any atom is -0.321 e. The Labute approximate surface area is 114 Å². The van der Waals surface area contributed by atoms with E-state index in [2.05, 4.69) is 5.32 Å². The van der Waals surface area contributed by atoms with Crippen LogP contribution in [0.25, 0.3) is 0 Å². The summed E-state index contributed by atoms with van der Waals surface area (Å²) < 4.78 is 13.2. The van der Waals surface area contributed by atoms with Gasteiger partial charge in [0.1, 0.15) is 5.82 Å². The third kappa shape index (κ3) is 3.09. The Bertz CT molecular complexity index is 679. The van der Waals surface area contributed by atoms with Crippen molar-refractivity contribution in [2.45, 2.75) is 0 Å².